The lowest BCUT2D eigenvalue weighted by atomic mass is 10.1. The minimum atomic E-state index is -0.415. The number of hydrogen-bond acceptors (Lipinski definition) is 4. The Morgan fingerprint density at radius 2 is 1.78 bits per heavy atom. The summed E-state index contributed by atoms with van der Waals surface area (Å²) in [6, 6.07) is 14.8. The highest BCUT2D eigenvalue weighted by atomic mass is 16.2. The highest BCUT2D eigenvalue weighted by molar-refractivity contribution is 5.96. The molecule has 1 aromatic carbocycles. The van der Waals surface area contributed by atoms with E-state index < -0.39 is 5.91 Å². The van der Waals surface area contributed by atoms with E-state index in [1.54, 1.807) is 10.9 Å². The molecule has 0 saturated carbocycles. The van der Waals surface area contributed by atoms with E-state index in [0.29, 0.717) is 11.4 Å². The number of hydrazine groups is 1. The van der Waals surface area contributed by atoms with Crippen molar-refractivity contribution in [3.05, 3.63) is 77.7 Å². The number of carbonyl (C=O) groups excluding carboxylic acids is 2. The molecule has 0 aliphatic rings. The zero-order chi connectivity index (χ0) is 19.2. The molecule has 0 aliphatic heterocycles. The molecule has 2 N–H and O–H groups in total. The molecule has 0 unspecified atom stereocenters. The quantitative estimate of drug-likeness (QED) is 0.681. The molecule has 3 aromatic rings. The first-order chi connectivity index (χ1) is 13.1. The highest BCUT2D eigenvalue weighted by Crippen LogP contribution is 2.22. The van der Waals surface area contributed by atoms with Crippen LogP contribution in [-0.2, 0) is 11.2 Å². The van der Waals surface area contributed by atoms with Gasteiger partial charge in [0.15, 0.2) is 5.82 Å². The fourth-order valence-electron chi connectivity index (χ4n) is 2.77. The summed E-state index contributed by atoms with van der Waals surface area (Å²) in [5.74, 6) is -0.0382. The van der Waals surface area contributed by atoms with Crippen LogP contribution < -0.4 is 10.9 Å². The van der Waals surface area contributed by atoms with Gasteiger partial charge in [-0.25, -0.2) is 9.67 Å². The van der Waals surface area contributed by atoms with Gasteiger partial charge in [-0.15, -0.1) is 0 Å². The maximum absolute atomic E-state index is 12.6. The second kappa shape index (κ2) is 8.27. The van der Waals surface area contributed by atoms with Crippen LogP contribution in [0.15, 0.2) is 60.9 Å². The number of pyridine rings is 1. The summed E-state index contributed by atoms with van der Waals surface area (Å²) in [6.07, 6.45) is 3.35. The molecular weight excluding hydrogens is 342 g/mol. The molecule has 0 saturated heterocycles. The largest absolute Gasteiger partial charge is 0.273 e. The Morgan fingerprint density at radius 1 is 1.04 bits per heavy atom. The average molecular weight is 363 g/mol. The SMILES string of the molecule is CC(C)c1c(C(=O)NNC(=O)Cc2ccccc2)cnn1-c1ccccn1. The topological polar surface area (TPSA) is 88.9 Å². The van der Waals surface area contributed by atoms with E-state index in [9.17, 15) is 9.59 Å². The van der Waals surface area contributed by atoms with Crippen molar-refractivity contribution >= 4 is 11.8 Å². The van der Waals surface area contributed by atoms with Crippen LogP contribution in [0.4, 0.5) is 0 Å². The lowest BCUT2D eigenvalue weighted by molar-refractivity contribution is -0.121. The monoisotopic (exact) mass is 363 g/mol. The first kappa shape index (κ1) is 18.3. The maximum atomic E-state index is 12.6. The lowest BCUT2D eigenvalue weighted by Crippen LogP contribution is -2.42. The molecule has 0 bridgehead atoms. The third-order valence-corrected chi connectivity index (χ3v) is 3.99. The first-order valence-electron chi connectivity index (χ1n) is 8.68. The van der Waals surface area contributed by atoms with Gasteiger partial charge in [0.2, 0.25) is 5.91 Å². The van der Waals surface area contributed by atoms with Crippen molar-refractivity contribution in [2.45, 2.75) is 26.2 Å². The molecule has 27 heavy (non-hydrogen) atoms. The van der Waals surface area contributed by atoms with Crippen LogP contribution in [0.3, 0.4) is 0 Å². The molecule has 0 atom stereocenters. The standard InChI is InChI=1S/C20H21N5O2/c1-14(2)19-16(13-22-25(19)17-10-6-7-11-21-17)20(27)24-23-18(26)12-15-8-4-3-5-9-15/h3-11,13-14H,12H2,1-2H3,(H,23,26)(H,24,27). The Labute approximate surface area is 157 Å². The van der Waals surface area contributed by atoms with Crippen LogP contribution >= 0.6 is 0 Å². The average Bonchev–Trinajstić information content (AvgIpc) is 3.13. The zero-order valence-electron chi connectivity index (χ0n) is 15.2. The summed E-state index contributed by atoms with van der Waals surface area (Å²) in [6.45, 7) is 3.95. The van der Waals surface area contributed by atoms with E-state index in [1.165, 1.54) is 6.20 Å². The molecule has 2 aromatic heterocycles. The minimum Gasteiger partial charge on any atom is -0.273 e. The molecule has 7 heteroatoms. The van der Waals surface area contributed by atoms with Gasteiger partial charge in [0.25, 0.3) is 5.91 Å². The van der Waals surface area contributed by atoms with Crippen LogP contribution in [-0.4, -0.2) is 26.6 Å². The van der Waals surface area contributed by atoms with Gasteiger partial charge in [0.1, 0.15) is 0 Å². The number of hydrogen-bond donors (Lipinski definition) is 2. The molecule has 0 spiro atoms. The molecule has 0 radical (unpaired) electrons. The summed E-state index contributed by atoms with van der Waals surface area (Å²) in [5.41, 5.74) is 6.91. The molecule has 2 heterocycles. The van der Waals surface area contributed by atoms with Crippen LogP contribution in [0.2, 0.25) is 0 Å². The van der Waals surface area contributed by atoms with Crippen molar-refractivity contribution in [3.63, 3.8) is 0 Å². The van der Waals surface area contributed by atoms with E-state index in [4.69, 9.17) is 0 Å². The van der Waals surface area contributed by atoms with Crippen LogP contribution in [0, 0.1) is 0 Å². The van der Waals surface area contributed by atoms with Gasteiger partial charge in [0.05, 0.1) is 23.9 Å². The van der Waals surface area contributed by atoms with Gasteiger partial charge in [-0.1, -0.05) is 50.2 Å². The smallest absolute Gasteiger partial charge is 0.273 e. The van der Waals surface area contributed by atoms with E-state index in [-0.39, 0.29) is 18.2 Å². The van der Waals surface area contributed by atoms with Gasteiger partial charge in [-0.05, 0) is 23.6 Å². The lowest BCUT2D eigenvalue weighted by Gasteiger charge is -2.12. The van der Waals surface area contributed by atoms with Crippen molar-refractivity contribution in [2.24, 2.45) is 0 Å². The summed E-state index contributed by atoms with van der Waals surface area (Å²) in [5, 5.41) is 4.30. The summed E-state index contributed by atoms with van der Waals surface area (Å²) < 4.78 is 1.64. The summed E-state index contributed by atoms with van der Waals surface area (Å²) in [7, 11) is 0. The summed E-state index contributed by atoms with van der Waals surface area (Å²) in [4.78, 5) is 28.9. The molecule has 0 fully saturated rings. The third-order valence-electron chi connectivity index (χ3n) is 3.99. The van der Waals surface area contributed by atoms with Crippen LogP contribution in [0.5, 0.6) is 0 Å². The fourth-order valence-corrected chi connectivity index (χ4v) is 2.77. The predicted molar refractivity (Wildman–Crippen MR) is 101 cm³/mol. The van der Waals surface area contributed by atoms with E-state index in [1.807, 2.05) is 62.4 Å². The first-order valence-corrected chi connectivity index (χ1v) is 8.68. The Kier molecular flexibility index (Phi) is 5.61. The van der Waals surface area contributed by atoms with Crippen molar-refractivity contribution < 1.29 is 9.59 Å². The predicted octanol–water partition coefficient (Wildman–Crippen LogP) is 2.39. The second-order valence-corrected chi connectivity index (χ2v) is 6.36. The van der Waals surface area contributed by atoms with E-state index >= 15 is 0 Å². The number of nitrogens with one attached hydrogen (secondary N) is 2. The van der Waals surface area contributed by atoms with Gasteiger partial charge in [-0.2, -0.15) is 5.10 Å². The fraction of sp³-hybridized carbons (Fsp3) is 0.200. The van der Waals surface area contributed by atoms with E-state index in [0.717, 1.165) is 11.3 Å². The van der Waals surface area contributed by atoms with Crippen molar-refractivity contribution in [3.8, 4) is 5.82 Å². The van der Waals surface area contributed by atoms with Gasteiger partial charge in [-0.3, -0.25) is 20.4 Å². The van der Waals surface area contributed by atoms with Crippen LogP contribution in [0.1, 0.15) is 41.4 Å². The number of carbonyl (C=O) groups is 2. The molecule has 138 valence electrons. The molecule has 7 nitrogen and oxygen atoms in total. The van der Waals surface area contributed by atoms with Crippen LogP contribution in [0.25, 0.3) is 5.82 Å². The number of amides is 2. The second-order valence-electron chi connectivity index (χ2n) is 6.36. The highest BCUT2D eigenvalue weighted by Gasteiger charge is 2.21. The number of nitrogens with zero attached hydrogens (tertiary/aromatic N) is 3. The van der Waals surface area contributed by atoms with Crippen molar-refractivity contribution in [1.82, 2.24) is 25.6 Å². The van der Waals surface area contributed by atoms with Crippen molar-refractivity contribution in [2.75, 3.05) is 0 Å². The third kappa shape index (κ3) is 4.38. The summed E-state index contributed by atoms with van der Waals surface area (Å²) >= 11 is 0. The molecule has 3 rings (SSSR count). The maximum Gasteiger partial charge on any atom is 0.273 e. The molecule has 0 aliphatic carbocycles. The Bertz CT molecular complexity index is 920. The Morgan fingerprint density at radius 3 is 2.44 bits per heavy atom. The molecular formula is C20H21N5O2. The van der Waals surface area contributed by atoms with Gasteiger partial charge < -0.3 is 0 Å². The van der Waals surface area contributed by atoms with Gasteiger partial charge in [0, 0.05) is 6.20 Å². The number of rotatable bonds is 5. The van der Waals surface area contributed by atoms with E-state index in [2.05, 4.69) is 20.9 Å². The Hall–Kier alpha value is -3.48. The van der Waals surface area contributed by atoms with Gasteiger partial charge >= 0.3 is 0 Å². The minimum absolute atomic E-state index is 0.0373. The number of aromatic nitrogens is 3. The normalized spacial score (nSPS) is 10.6. The zero-order valence-corrected chi connectivity index (χ0v) is 15.2. The number of benzene rings is 1. The Balaban J connectivity index is 1.71. The molecule has 2 amide bonds. The van der Waals surface area contributed by atoms with Crippen molar-refractivity contribution in [1.29, 1.82) is 0 Å².